The van der Waals surface area contributed by atoms with Crippen molar-refractivity contribution in [2.75, 3.05) is 0 Å². The molecule has 0 amide bonds. The Labute approximate surface area is 159 Å². The third-order valence-electron chi connectivity index (χ3n) is 8.19. The second-order valence-corrected chi connectivity index (χ2v) is 10.1. The van der Waals surface area contributed by atoms with Gasteiger partial charge in [-0.1, -0.05) is 26.0 Å². The molecule has 0 radical (unpaired) electrons. The van der Waals surface area contributed by atoms with Crippen LogP contribution >= 0.6 is 11.3 Å². The van der Waals surface area contributed by atoms with Crippen molar-refractivity contribution >= 4 is 28.5 Å². The fourth-order valence-electron chi connectivity index (χ4n) is 6.80. The monoisotopic (exact) mass is 366 g/mol. The van der Waals surface area contributed by atoms with E-state index in [9.17, 15) is 9.59 Å². The number of hydrogen-bond acceptors (Lipinski definition) is 3. The Morgan fingerprint density at radius 1 is 1.08 bits per heavy atom. The van der Waals surface area contributed by atoms with Crippen LogP contribution in [0.4, 0.5) is 0 Å². The average molecular weight is 367 g/mol. The van der Waals surface area contributed by atoms with Crippen LogP contribution in [0.2, 0.25) is 0 Å². The number of Topliss-reactive ketones (excluding diaryl/α,β-unsaturated/α-hetero) is 1. The van der Waals surface area contributed by atoms with Crippen molar-refractivity contribution in [1.82, 2.24) is 0 Å². The summed E-state index contributed by atoms with van der Waals surface area (Å²) < 4.78 is 0. The van der Waals surface area contributed by atoms with Gasteiger partial charge in [0.25, 0.3) is 0 Å². The fourth-order valence-corrected chi connectivity index (χ4v) is 7.60. The lowest BCUT2D eigenvalue weighted by Gasteiger charge is -2.56. The molecule has 3 saturated carbocycles. The Morgan fingerprint density at radius 2 is 1.92 bits per heavy atom. The highest BCUT2D eigenvalue weighted by molar-refractivity contribution is 7.11. The average Bonchev–Trinajstić information content (AvgIpc) is 3.24. The van der Waals surface area contributed by atoms with Crippen molar-refractivity contribution in [1.29, 1.82) is 0 Å². The van der Waals surface area contributed by atoms with Crippen molar-refractivity contribution < 1.29 is 9.59 Å². The maximum atomic E-state index is 12.7. The van der Waals surface area contributed by atoms with Crippen molar-refractivity contribution in [3.63, 3.8) is 0 Å². The van der Waals surface area contributed by atoms with Gasteiger partial charge >= 0.3 is 0 Å². The van der Waals surface area contributed by atoms with Gasteiger partial charge in [0.05, 0.1) is 0 Å². The standard InChI is InChI=1S/C23H26O2S/c1-22-12-10-18(24)21(19-4-3-13-26-19)17(22)6-5-14-15-7-8-20(25)23(15,2)11-9-16(14)22/h3-4,10,12-16H,5-9,11H2,1-2H3/t14-,15-,16-,22+,23-/m0/s1. The summed E-state index contributed by atoms with van der Waals surface area (Å²) in [7, 11) is 0. The molecule has 5 rings (SSSR count). The molecule has 0 N–H and O–H groups in total. The summed E-state index contributed by atoms with van der Waals surface area (Å²) >= 11 is 1.67. The molecule has 1 heterocycles. The Morgan fingerprint density at radius 3 is 2.69 bits per heavy atom. The quantitative estimate of drug-likeness (QED) is 0.662. The third-order valence-corrected chi connectivity index (χ3v) is 9.08. The largest absolute Gasteiger partial charge is 0.299 e. The minimum atomic E-state index is -0.0798. The number of ketones is 2. The first-order valence-corrected chi connectivity index (χ1v) is 10.9. The lowest BCUT2D eigenvalue weighted by Crippen LogP contribution is -2.50. The first-order valence-electron chi connectivity index (χ1n) is 9.99. The highest BCUT2D eigenvalue weighted by Crippen LogP contribution is 2.64. The lowest BCUT2D eigenvalue weighted by molar-refractivity contribution is -0.131. The van der Waals surface area contributed by atoms with Gasteiger partial charge in [0.1, 0.15) is 5.78 Å². The number of fused-ring (bicyclic) bond motifs is 5. The molecule has 0 aliphatic heterocycles. The molecule has 136 valence electrons. The first kappa shape index (κ1) is 16.7. The molecule has 0 spiro atoms. The minimum Gasteiger partial charge on any atom is -0.299 e. The molecule has 0 saturated heterocycles. The van der Waals surface area contributed by atoms with Crippen LogP contribution in [0.3, 0.4) is 0 Å². The van der Waals surface area contributed by atoms with Crippen LogP contribution in [-0.4, -0.2) is 11.6 Å². The maximum absolute atomic E-state index is 12.7. The van der Waals surface area contributed by atoms with E-state index in [0.717, 1.165) is 49.0 Å². The van der Waals surface area contributed by atoms with Gasteiger partial charge in [0.2, 0.25) is 0 Å². The molecule has 0 aromatic carbocycles. The van der Waals surface area contributed by atoms with Crippen LogP contribution in [0.5, 0.6) is 0 Å². The van der Waals surface area contributed by atoms with E-state index in [4.69, 9.17) is 0 Å². The van der Waals surface area contributed by atoms with Crippen molar-refractivity contribution in [2.24, 2.45) is 28.6 Å². The Hall–Kier alpha value is -1.48. The minimum absolute atomic E-state index is 0.0247. The molecule has 4 aliphatic carbocycles. The van der Waals surface area contributed by atoms with Gasteiger partial charge in [-0.2, -0.15) is 0 Å². The third kappa shape index (κ3) is 2.04. The molecule has 4 aliphatic rings. The van der Waals surface area contributed by atoms with Crippen LogP contribution in [0.25, 0.3) is 5.57 Å². The van der Waals surface area contributed by atoms with Crippen LogP contribution in [0.15, 0.2) is 35.2 Å². The van der Waals surface area contributed by atoms with Crippen molar-refractivity contribution in [2.45, 2.75) is 52.4 Å². The molecular formula is C23H26O2S. The predicted octanol–water partition coefficient (Wildman–Crippen LogP) is 5.45. The second kappa shape index (κ2) is 5.51. The Kier molecular flexibility index (Phi) is 3.54. The van der Waals surface area contributed by atoms with Crippen molar-refractivity contribution in [3.8, 4) is 0 Å². The van der Waals surface area contributed by atoms with Crippen LogP contribution < -0.4 is 0 Å². The molecule has 1 aromatic rings. The normalized spacial score (nSPS) is 41.8. The van der Waals surface area contributed by atoms with E-state index in [-0.39, 0.29) is 16.6 Å². The first-order chi connectivity index (χ1) is 12.4. The van der Waals surface area contributed by atoms with Crippen LogP contribution in [0, 0.1) is 28.6 Å². The topological polar surface area (TPSA) is 34.1 Å². The lowest BCUT2D eigenvalue weighted by atomic mass is 9.48. The predicted molar refractivity (Wildman–Crippen MR) is 105 cm³/mol. The summed E-state index contributed by atoms with van der Waals surface area (Å²) in [6, 6.07) is 4.13. The smallest absolute Gasteiger partial charge is 0.186 e. The molecule has 1 aromatic heterocycles. The number of allylic oxidation sites excluding steroid dienone is 4. The molecular weight excluding hydrogens is 340 g/mol. The van der Waals surface area contributed by atoms with Gasteiger partial charge in [0, 0.05) is 27.7 Å². The van der Waals surface area contributed by atoms with Gasteiger partial charge in [-0.15, -0.1) is 11.3 Å². The summed E-state index contributed by atoms with van der Waals surface area (Å²) in [6.07, 6.45) is 10.2. The Bertz CT molecular complexity index is 846. The summed E-state index contributed by atoms with van der Waals surface area (Å²) in [6.45, 7) is 4.59. The zero-order valence-corrected chi connectivity index (χ0v) is 16.4. The van der Waals surface area contributed by atoms with Gasteiger partial charge in [-0.3, -0.25) is 9.59 Å². The number of carbonyl (C=O) groups is 2. The van der Waals surface area contributed by atoms with E-state index >= 15 is 0 Å². The zero-order valence-electron chi connectivity index (χ0n) is 15.6. The van der Waals surface area contributed by atoms with E-state index in [1.165, 1.54) is 5.57 Å². The highest BCUT2D eigenvalue weighted by Gasteiger charge is 2.58. The summed E-state index contributed by atoms with van der Waals surface area (Å²) in [4.78, 5) is 26.4. The summed E-state index contributed by atoms with van der Waals surface area (Å²) in [5, 5.41) is 2.06. The number of thiophene rings is 1. The number of rotatable bonds is 1. The molecule has 26 heavy (non-hydrogen) atoms. The number of hydrogen-bond donors (Lipinski definition) is 0. The summed E-state index contributed by atoms with van der Waals surface area (Å²) in [5.74, 6) is 2.41. The number of carbonyl (C=O) groups excluding carboxylic acids is 2. The highest BCUT2D eigenvalue weighted by atomic mass is 32.1. The molecule has 0 bridgehead atoms. The molecule has 2 nitrogen and oxygen atoms in total. The van der Waals surface area contributed by atoms with E-state index in [2.05, 4.69) is 31.4 Å². The van der Waals surface area contributed by atoms with Gasteiger partial charge in [-0.05, 0) is 73.0 Å². The SMILES string of the molecule is C[C@]12C=CC(=O)C(c3cccs3)=C1CC[C@@H]1[C@@H]2CC[C@]2(C)C(=O)CC[C@@H]12. The van der Waals surface area contributed by atoms with E-state index in [0.29, 0.717) is 23.5 Å². The maximum Gasteiger partial charge on any atom is 0.186 e. The zero-order chi connectivity index (χ0) is 18.1. The molecule has 3 heteroatoms. The second-order valence-electron chi connectivity index (χ2n) is 9.14. The van der Waals surface area contributed by atoms with Gasteiger partial charge in [0.15, 0.2) is 5.78 Å². The van der Waals surface area contributed by atoms with Crippen LogP contribution in [-0.2, 0) is 9.59 Å². The van der Waals surface area contributed by atoms with Crippen LogP contribution in [0.1, 0.15) is 57.2 Å². The van der Waals surface area contributed by atoms with E-state index in [1.807, 2.05) is 12.1 Å². The Balaban J connectivity index is 1.59. The summed E-state index contributed by atoms with van der Waals surface area (Å²) in [5.41, 5.74) is 2.23. The molecule has 3 fully saturated rings. The van der Waals surface area contributed by atoms with Gasteiger partial charge < -0.3 is 0 Å². The van der Waals surface area contributed by atoms with E-state index in [1.54, 1.807) is 11.3 Å². The van der Waals surface area contributed by atoms with Crippen molar-refractivity contribution in [3.05, 3.63) is 40.1 Å². The van der Waals surface area contributed by atoms with Gasteiger partial charge in [-0.25, -0.2) is 0 Å². The fraction of sp³-hybridized carbons (Fsp3) is 0.565. The van der Waals surface area contributed by atoms with E-state index < -0.39 is 0 Å². The molecule has 0 unspecified atom stereocenters. The molecule has 5 atom stereocenters.